The molecular formula is C80H92N6O6. The summed E-state index contributed by atoms with van der Waals surface area (Å²) in [6, 6.07) is 14.6. The smallest absolute Gasteiger partial charge is 0.309 e. The van der Waals surface area contributed by atoms with Crippen LogP contribution in [0, 0.1) is 68.0 Å². The largest absolute Gasteiger partial charge is 0.481 e. The molecule has 3 heterocycles. The van der Waals surface area contributed by atoms with Gasteiger partial charge in [0.1, 0.15) is 0 Å². The first kappa shape index (κ1) is 56.4. The summed E-state index contributed by atoms with van der Waals surface area (Å²) in [5, 5.41) is 32.6. The summed E-state index contributed by atoms with van der Waals surface area (Å²) in [6.45, 7) is 20.9. The molecule has 3 aromatic heterocycles. The van der Waals surface area contributed by atoms with Crippen molar-refractivity contribution in [2.75, 3.05) is 0 Å². The van der Waals surface area contributed by atoms with Crippen molar-refractivity contribution in [1.29, 1.82) is 0 Å². The highest BCUT2D eigenvalue weighted by Gasteiger charge is 2.73. The lowest BCUT2D eigenvalue weighted by Gasteiger charge is -2.63. The first-order valence-electron chi connectivity index (χ1n) is 36.4. The third-order valence-electron chi connectivity index (χ3n) is 33.1. The number of carboxylic acids is 3. The summed E-state index contributed by atoms with van der Waals surface area (Å²) in [6.07, 6.45) is 23.4. The Morgan fingerprint density at radius 2 is 0.543 bits per heavy atom. The molecule has 6 aromatic rings. The highest BCUT2D eigenvalue weighted by atomic mass is 16.4. The number of fused-ring (bicyclic) bond motifs is 18. The van der Waals surface area contributed by atoms with Crippen LogP contribution in [0.4, 0.5) is 0 Å². The summed E-state index contributed by atoms with van der Waals surface area (Å²) < 4.78 is 0. The van der Waals surface area contributed by atoms with Crippen LogP contribution in [-0.4, -0.2) is 63.1 Å². The Morgan fingerprint density at radius 3 is 0.783 bits per heavy atom. The van der Waals surface area contributed by atoms with Gasteiger partial charge in [-0.05, 0) is 277 Å². The fourth-order valence-electron chi connectivity index (χ4n) is 29.4. The van der Waals surface area contributed by atoms with Gasteiger partial charge in [-0.25, -0.2) is 29.9 Å². The minimum Gasteiger partial charge on any atom is -0.481 e. The maximum atomic E-state index is 13.2. The van der Waals surface area contributed by atoms with E-state index in [4.69, 9.17) is 29.9 Å². The molecule has 478 valence electrons. The Morgan fingerprint density at radius 1 is 0.315 bits per heavy atom. The third-order valence-corrected chi connectivity index (χ3v) is 33.1. The van der Waals surface area contributed by atoms with Gasteiger partial charge in [-0.3, -0.25) is 14.4 Å². The molecule has 21 rings (SSSR count). The Hall–Kier alpha value is -5.91. The maximum absolute atomic E-state index is 13.2. The zero-order valence-corrected chi connectivity index (χ0v) is 55.8. The van der Waals surface area contributed by atoms with Gasteiger partial charge in [0.25, 0.3) is 0 Å². The Kier molecular flexibility index (Phi) is 10.3. The zero-order chi connectivity index (χ0) is 63.2. The van der Waals surface area contributed by atoms with Crippen molar-refractivity contribution in [2.45, 2.75) is 261 Å². The SMILES string of the molecule is C[C@]12CC[C@@H]3[C@](CC[C@H]4[C@@]3(C)CCC[C@@]4(C)C(=O)O)(C1)c1nc3cc4c(cc3nc12)C1c2cc3nc5c(nc3cc2C4c2cc3nc4c(nc3cc21)[C@]12CC[C@H]3[C@@](C)(CCC[C@@]3(C)C(=O)O)[C@@H]1CC[C@@]4(C)C2)[C@@]1(C)CC[C@@H]2[C@]5(CC[C@H]3[C@@]2(C)CCC[C@@]3(C)C(=O)O)C1. The van der Waals surface area contributed by atoms with Crippen LogP contribution in [0.5, 0.6) is 0 Å². The predicted octanol–water partition coefficient (Wildman–Crippen LogP) is 16.5. The molecule has 12 heteroatoms. The molecule has 0 amide bonds. The normalized spacial score (nSPS) is 46.3. The lowest BCUT2D eigenvalue weighted by Crippen LogP contribution is -2.60. The third kappa shape index (κ3) is 6.20. The van der Waals surface area contributed by atoms with Crippen LogP contribution < -0.4 is 0 Å². The van der Waals surface area contributed by atoms with E-state index in [-0.39, 0.29) is 78.3 Å². The fraction of sp³-hybridized carbons (Fsp3) is 0.662. The van der Waals surface area contributed by atoms with Crippen LogP contribution in [0.15, 0.2) is 36.4 Å². The number of nitrogens with zero attached hydrogens (tertiary/aromatic N) is 6. The molecule has 15 aliphatic rings. The number of carboxylic acid groups (broad SMARTS) is 3. The minimum absolute atomic E-state index is 0.0909. The van der Waals surface area contributed by atoms with Gasteiger partial charge in [-0.1, -0.05) is 60.8 Å². The van der Waals surface area contributed by atoms with E-state index >= 15 is 0 Å². The van der Waals surface area contributed by atoms with Crippen LogP contribution in [0.3, 0.4) is 0 Å². The van der Waals surface area contributed by atoms with E-state index in [2.05, 4.69) is 98.7 Å². The molecule has 3 N–H and O–H groups in total. The van der Waals surface area contributed by atoms with Gasteiger partial charge in [0.15, 0.2) is 0 Å². The number of benzene rings is 3. The molecule has 3 spiro atoms. The Balaban J connectivity index is 0.765. The zero-order valence-electron chi connectivity index (χ0n) is 55.8. The lowest BCUT2D eigenvalue weighted by atomic mass is 9.40. The molecule has 0 saturated heterocycles. The molecule has 0 radical (unpaired) electrons. The quantitative estimate of drug-likeness (QED) is 0.152. The van der Waals surface area contributed by atoms with Crippen LogP contribution >= 0.6 is 0 Å². The van der Waals surface area contributed by atoms with Gasteiger partial charge in [0, 0.05) is 44.3 Å². The summed E-state index contributed by atoms with van der Waals surface area (Å²) in [4.78, 5) is 75.4. The second-order valence-corrected chi connectivity index (χ2v) is 37.0. The summed E-state index contributed by atoms with van der Waals surface area (Å²) >= 11 is 0. The number of carbonyl (C=O) groups is 3. The molecule has 15 aliphatic carbocycles. The van der Waals surface area contributed by atoms with Crippen molar-refractivity contribution in [3.8, 4) is 0 Å². The number of hydrogen-bond donors (Lipinski definition) is 3. The Bertz CT molecular complexity index is 4320. The van der Waals surface area contributed by atoms with Crippen LogP contribution in [-0.2, 0) is 46.9 Å². The minimum atomic E-state index is -0.719. The van der Waals surface area contributed by atoms with Gasteiger partial charge >= 0.3 is 17.9 Å². The van der Waals surface area contributed by atoms with Gasteiger partial charge in [-0.15, -0.1) is 0 Å². The van der Waals surface area contributed by atoms with Crippen LogP contribution in [0.1, 0.15) is 296 Å². The van der Waals surface area contributed by atoms with E-state index in [1.807, 2.05) is 0 Å². The van der Waals surface area contributed by atoms with E-state index in [0.29, 0.717) is 17.8 Å². The molecule has 12 nitrogen and oxygen atoms in total. The van der Waals surface area contributed by atoms with Crippen molar-refractivity contribution in [3.05, 3.63) is 104 Å². The number of rotatable bonds is 3. The first-order valence-corrected chi connectivity index (χ1v) is 36.4. The molecule has 9 saturated carbocycles. The van der Waals surface area contributed by atoms with Crippen LogP contribution in [0.25, 0.3) is 33.1 Å². The predicted molar refractivity (Wildman–Crippen MR) is 351 cm³/mol. The van der Waals surface area contributed by atoms with Gasteiger partial charge in [0.2, 0.25) is 0 Å². The summed E-state index contributed by atoms with van der Waals surface area (Å²) in [5.74, 6) is -0.688. The van der Waals surface area contributed by atoms with Crippen molar-refractivity contribution in [1.82, 2.24) is 29.9 Å². The highest BCUT2D eigenvalue weighted by molar-refractivity contribution is 5.89. The van der Waals surface area contributed by atoms with Crippen LogP contribution in [0.2, 0.25) is 0 Å². The molecule has 0 aliphatic heterocycles. The van der Waals surface area contributed by atoms with Crippen molar-refractivity contribution >= 4 is 51.0 Å². The average Bonchev–Trinajstić information content (AvgIpc) is 1.37. The standard InChI is InChI=1S/C80H92N6O6/c1-69-25-13-56-73(5)20-11-23-76(8,67(89)90)53(73)17-29-79(56,37-69)64-60(69)81-46-31-40-44(35-50(46)85-64)59-42-33-48-49(84-63-62(83-48)71(3)27-15-55-72(4)19-10-22-75(7,66(87)88)52(72)16-28-78(55,63)39-71)34-43(42)58(40)41-32-47-51(36-45(41)59)86-65-61(82-47)70(2)26-14-57-74(6)21-12-24-77(9,68(91)92)54(74)18-30-80(57,65)38-70/h31-36,52-59H,10-30,37-39H2,1-9H3,(H,87,88)(H,89,90)(H,91,92)/t52-,53-,54-,55-,56-,57-,58?,59?,69-,70-,71-,72+,73+,74+,75+,76+,77+,78-,79-,80-/m0/s1. The number of hydrogen-bond acceptors (Lipinski definition) is 9. The molecule has 92 heavy (non-hydrogen) atoms. The molecule has 0 unspecified atom stereocenters. The molecule has 9 fully saturated rings. The monoisotopic (exact) mass is 1230 g/mol. The average molecular weight is 1230 g/mol. The topological polar surface area (TPSA) is 189 Å². The molecule has 3 aromatic carbocycles. The molecule has 18 atom stereocenters. The second-order valence-electron chi connectivity index (χ2n) is 37.0. The Labute approximate surface area is 540 Å². The number of aromatic nitrogens is 6. The fourth-order valence-corrected chi connectivity index (χ4v) is 29.4. The van der Waals surface area contributed by atoms with E-state index in [1.54, 1.807) is 0 Å². The van der Waals surface area contributed by atoms with E-state index in [0.717, 1.165) is 187 Å². The van der Waals surface area contributed by atoms with Gasteiger partial charge < -0.3 is 15.3 Å². The van der Waals surface area contributed by atoms with Gasteiger partial charge in [-0.2, -0.15) is 0 Å². The van der Waals surface area contributed by atoms with Crippen molar-refractivity contribution in [2.24, 2.45) is 68.0 Å². The lowest BCUT2D eigenvalue weighted by molar-refractivity contribution is -0.175. The van der Waals surface area contributed by atoms with E-state index in [1.165, 1.54) is 67.5 Å². The second kappa shape index (κ2) is 16.8. The molecular weight excluding hydrogens is 1140 g/mol. The van der Waals surface area contributed by atoms with E-state index < -0.39 is 34.2 Å². The van der Waals surface area contributed by atoms with Gasteiger partial charge in [0.05, 0.1) is 83.5 Å². The van der Waals surface area contributed by atoms with Crippen molar-refractivity contribution < 1.29 is 29.7 Å². The summed E-state index contributed by atoms with van der Waals surface area (Å²) in [7, 11) is 0. The molecule has 8 bridgehead atoms. The first-order chi connectivity index (χ1) is 43.6. The highest BCUT2D eigenvalue weighted by Crippen LogP contribution is 2.77. The number of aliphatic carboxylic acids is 3. The summed E-state index contributed by atoms with van der Waals surface area (Å²) in [5.41, 5.74) is 17.4. The van der Waals surface area contributed by atoms with E-state index in [9.17, 15) is 29.7 Å². The van der Waals surface area contributed by atoms with Crippen molar-refractivity contribution in [3.63, 3.8) is 0 Å². The maximum Gasteiger partial charge on any atom is 0.309 e.